The SMILES string of the molecule is CCc1nc(N)nc(N)c1-c1ccc(Cl)cc1.Nc1nc2c(c(=O)[nH]1)N(C=O)C(CNc1cccc(C(=O)NC(CCC(=O)O)C(=O)O)c1)CN2. The average Bonchev–Trinajstić information content (AvgIpc) is 3.09. The number of nitrogens with zero attached hydrogens (tertiary/aromatic N) is 4. The molecule has 0 bridgehead atoms. The molecule has 0 spiro atoms. The van der Waals surface area contributed by atoms with Crippen LogP contribution in [-0.2, 0) is 20.8 Å². The molecule has 18 nitrogen and oxygen atoms in total. The fraction of sp³-hybridized carbons (Fsp3) is 0.250. The predicted octanol–water partition coefficient (Wildman–Crippen LogP) is 1.79. The number of carboxylic acid groups (broad SMARTS) is 2. The van der Waals surface area contributed by atoms with Gasteiger partial charge in [-0.2, -0.15) is 9.97 Å². The summed E-state index contributed by atoms with van der Waals surface area (Å²) in [5.41, 5.74) is 19.8. The van der Waals surface area contributed by atoms with E-state index < -0.39 is 41.9 Å². The van der Waals surface area contributed by atoms with Crippen LogP contribution in [0, 0.1) is 0 Å². The molecule has 0 saturated carbocycles. The van der Waals surface area contributed by atoms with E-state index in [-0.39, 0.29) is 48.5 Å². The number of nitrogens with two attached hydrogens (primary N) is 3. The van der Waals surface area contributed by atoms with E-state index in [2.05, 4.69) is 35.9 Å². The van der Waals surface area contributed by atoms with Gasteiger partial charge in [0.25, 0.3) is 11.5 Å². The molecule has 2 aromatic heterocycles. The minimum atomic E-state index is -1.35. The summed E-state index contributed by atoms with van der Waals surface area (Å²) >= 11 is 5.86. The number of amides is 2. The summed E-state index contributed by atoms with van der Waals surface area (Å²) in [7, 11) is 0. The summed E-state index contributed by atoms with van der Waals surface area (Å²) in [6.07, 6.45) is 0.599. The number of aliphatic carboxylic acids is 2. The van der Waals surface area contributed by atoms with Gasteiger partial charge in [-0.25, -0.2) is 9.78 Å². The van der Waals surface area contributed by atoms with E-state index in [4.69, 9.17) is 33.9 Å². The number of aromatic amines is 1. The van der Waals surface area contributed by atoms with Gasteiger partial charge in [0.15, 0.2) is 11.5 Å². The summed E-state index contributed by atoms with van der Waals surface area (Å²) in [5, 5.41) is 27.0. The molecular weight excluding hydrogens is 686 g/mol. The number of carbonyl (C=O) groups is 4. The molecule has 2 aromatic carbocycles. The minimum Gasteiger partial charge on any atom is -0.481 e. The van der Waals surface area contributed by atoms with E-state index in [1.165, 1.54) is 17.0 Å². The van der Waals surface area contributed by atoms with Crippen molar-refractivity contribution in [3.8, 4) is 11.1 Å². The maximum atomic E-state index is 12.5. The Balaban J connectivity index is 0.000000286. The van der Waals surface area contributed by atoms with Crippen molar-refractivity contribution in [1.82, 2.24) is 25.3 Å². The Morgan fingerprint density at radius 3 is 2.47 bits per heavy atom. The second kappa shape index (κ2) is 16.8. The van der Waals surface area contributed by atoms with Crippen molar-refractivity contribution in [3.63, 3.8) is 0 Å². The molecule has 0 fully saturated rings. The number of rotatable bonds is 12. The largest absolute Gasteiger partial charge is 0.481 e. The highest BCUT2D eigenvalue weighted by molar-refractivity contribution is 6.30. The number of H-pyrrole nitrogens is 1. The standard InChI is InChI=1S/C20H23N7O7.C12H13ClN4/c21-20-25-16-15(18(32)26-20)27(9-28)12(8-23-16)7-22-11-3-1-2-10(6-11)17(31)24-13(19(33)34)4-5-14(29)30;1-2-9-10(11(14)17-12(15)16-9)7-3-5-8(13)6-4-7/h1-3,6,9,12-13,22H,4-5,7-8H2,(H,24,31)(H,29,30)(H,33,34)(H4,21,23,25,26,32);3-6H,2H2,1H3,(H4,14,15,16,17). The Labute approximate surface area is 295 Å². The van der Waals surface area contributed by atoms with Gasteiger partial charge < -0.3 is 48.3 Å². The van der Waals surface area contributed by atoms with E-state index in [0.29, 0.717) is 22.9 Å². The lowest BCUT2D eigenvalue weighted by atomic mass is 10.0. The third-order valence-corrected chi connectivity index (χ3v) is 7.85. The lowest BCUT2D eigenvalue weighted by Gasteiger charge is -2.34. The van der Waals surface area contributed by atoms with E-state index in [1.54, 1.807) is 12.1 Å². The maximum Gasteiger partial charge on any atom is 0.326 e. The Kier molecular flexibility index (Phi) is 12.3. The van der Waals surface area contributed by atoms with Crippen molar-refractivity contribution >= 4 is 70.8 Å². The number of benzene rings is 2. The Morgan fingerprint density at radius 1 is 1.10 bits per heavy atom. The van der Waals surface area contributed by atoms with Crippen LogP contribution in [0.1, 0.15) is 35.8 Å². The third kappa shape index (κ3) is 9.60. The van der Waals surface area contributed by atoms with Gasteiger partial charge in [-0.05, 0) is 48.7 Å². The third-order valence-electron chi connectivity index (χ3n) is 7.60. The van der Waals surface area contributed by atoms with Gasteiger partial charge in [0.2, 0.25) is 18.3 Å². The minimum absolute atomic E-state index is 0.0384. The molecule has 2 unspecified atom stereocenters. The summed E-state index contributed by atoms with van der Waals surface area (Å²) in [5.74, 6) is -2.47. The number of carbonyl (C=O) groups excluding carboxylic acids is 2. The van der Waals surface area contributed by atoms with Crippen molar-refractivity contribution in [1.29, 1.82) is 0 Å². The Hall–Kier alpha value is -6.43. The van der Waals surface area contributed by atoms with Crippen LogP contribution in [0.3, 0.4) is 0 Å². The monoisotopic (exact) mass is 721 g/mol. The molecule has 268 valence electrons. The molecule has 4 aromatic rings. The van der Waals surface area contributed by atoms with E-state index in [9.17, 15) is 29.1 Å². The molecule has 0 aliphatic carbocycles. The topological polar surface area (TPSA) is 298 Å². The lowest BCUT2D eigenvalue weighted by Crippen LogP contribution is -2.50. The molecule has 19 heteroatoms. The zero-order valence-electron chi connectivity index (χ0n) is 27.2. The number of carboxylic acids is 2. The van der Waals surface area contributed by atoms with Crippen LogP contribution in [0.25, 0.3) is 11.1 Å². The van der Waals surface area contributed by atoms with Crippen LogP contribution in [-0.4, -0.2) is 79.6 Å². The summed E-state index contributed by atoms with van der Waals surface area (Å²) in [6, 6.07) is 11.8. The number of hydrogen-bond donors (Lipinski definition) is 9. The van der Waals surface area contributed by atoms with Gasteiger partial charge >= 0.3 is 11.9 Å². The molecule has 1 aliphatic rings. The summed E-state index contributed by atoms with van der Waals surface area (Å²) in [4.78, 5) is 74.2. The maximum absolute atomic E-state index is 12.5. The van der Waals surface area contributed by atoms with Crippen LogP contribution in [0.5, 0.6) is 0 Å². The highest BCUT2D eigenvalue weighted by atomic mass is 35.5. The number of nitrogens with one attached hydrogen (secondary N) is 4. The number of hydrogen-bond acceptors (Lipinski definition) is 13. The number of halogens is 1. The summed E-state index contributed by atoms with van der Waals surface area (Å²) < 4.78 is 0. The first-order chi connectivity index (χ1) is 24.3. The van der Waals surface area contributed by atoms with Crippen LogP contribution in [0.4, 0.5) is 34.9 Å². The van der Waals surface area contributed by atoms with Gasteiger partial charge in [-0.1, -0.05) is 36.7 Å². The smallest absolute Gasteiger partial charge is 0.326 e. The van der Waals surface area contributed by atoms with Crippen LogP contribution in [0.15, 0.2) is 53.3 Å². The van der Waals surface area contributed by atoms with E-state index >= 15 is 0 Å². The second-order valence-corrected chi connectivity index (χ2v) is 11.5. The molecule has 51 heavy (non-hydrogen) atoms. The zero-order valence-corrected chi connectivity index (χ0v) is 28.0. The zero-order chi connectivity index (χ0) is 37.2. The van der Waals surface area contributed by atoms with Gasteiger partial charge in [0.1, 0.15) is 11.9 Å². The first kappa shape index (κ1) is 37.4. The highest BCUT2D eigenvalue weighted by Crippen LogP contribution is 2.29. The molecular formula is C32H36ClN11O7. The van der Waals surface area contributed by atoms with Crippen molar-refractivity contribution in [3.05, 3.63) is 75.2 Å². The van der Waals surface area contributed by atoms with Crippen LogP contribution >= 0.6 is 11.6 Å². The van der Waals surface area contributed by atoms with Gasteiger partial charge in [0.05, 0.1) is 11.7 Å². The Bertz CT molecular complexity index is 1970. The molecule has 0 saturated heterocycles. The van der Waals surface area contributed by atoms with Crippen molar-refractivity contribution in [2.24, 2.45) is 0 Å². The van der Waals surface area contributed by atoms with Crippen molar-refractivity contribution in [2.45, 2.75) is 38.3 Å². The number of fused-ring (bicyclic) bond motifs is 1. The number of nitrogen functional groups attached to an aromatic ring is 3. The normalized spacial score (nSPS) is 13.8. The molecule has 12 N–H and O–H groups in total. The first-order valence-corrected chi connectivity index (χ1v) is 15.8. The van der Waals surface area contributed by atoms with E-state index in [1.807, 2.05) is 31.2 Å². The number of anilines is 6. The van der Waals surface area contributed by atoms with Crippen LogP contribution in [0.2, 0.25) is 5.02 Å². The van der Waals surface area contributed by atoms with Gasteiger partial charge in [-0.3, -0.25) is 24.2 Å². The van der Waals surface area contributed by atoms with Gasteiger partial charge in [-0.15, -0.1) is 0 Å². The molecule has 1 aliphatic heterocycles. The molecule has 0 radical (unpaired) electrons. The van der Waals surface area contributed by atoms with E-state index in [0.717, 1.165) is 23.2 Å². The Morgan fingerprint density at radius 2 is 1.82 bits per heavy atom. The quantitative estimate of drug-likeness (QED) is 0.0942. The molecule has 2 amide bonds. The number of aryl methyl sites for hydroxylation is 1. The number of aromatic nitrogens is 4. The summed E-state index contributed by atoms with van der Waals surface area (Å²) in [6.45, 7) is 2.48. The van der Waals surface area contributed by atoms with Gasteiger partial charge in [0, 0.05) is 41.3 Å². The molecule has 3 heterocycles. The highest BCUT2D eigenvalue weighted by Gasteiger charge is 2.30. The lowest BCUT2D eigenvalue weighted by molar-refractivity contribution is -0.140. The second-order valence-electron chi connectivity index (χ2n) is 11.1. The average molecular weight is 722 g/mol. The molecule has 5 rings (SSSR count). The predicted molar refractivity (Wildman–Crippen MR) is 191 cm³/mol. The first-order valence-electron chi connectivity index (χ1n) is 15.5. The fourth-order valence-electron chi connectivity index (χ4n) is 5.16. The van der Waals surface area contributed by atoms with Crippen molar-refractivity contribution < 1.29 is 29.4 Å². The fourth-order valence-corrected chi connectivity index (χ4v) is 5.28. The van der Waals surface area contributed by atoms with Crippen LogP contribution < -0.4 is 43.6 Å². The van der Waals surface area contributed by atoms with Crippen molar-refractivity contribution in [2.75, 3.05) is 45.8 Å². The molecule has 2 atom stereocenters.